The Morgan fingerprint density at radius 2 is 1.84 bits per heavy atom. The summed E-state index contributed by atoms with van der Waals surface area (Å²) in [5, 5.41) is 7.42. The van der Waals surface area contributed by atoms with Gasteiger partial charge < -0.3 is 20.4 Å². The van der Waals surface area contributed by atoms with E-state index in [1.54, 1.807) is 17.0 Å². The zero-order valence-electron chi connectivity index (χ0n) is 17.2. The number of nitrogens with one attached hydrogen (secondary N) is 2. The number of para-hydroxylation sites is 1. The fourth-order valence-corrected chi connectivity index (χ4v) is 4.96. The van der Waals surface area contributed by atoms with E-state index in [0.29, 0.717) is 29.7 Å². The largest absolute Gasteiger partial charge is 0.354 e. The highest BCUT2D eigenvalue weighted by Gasteiger charge is 2.52. The maximum Gasteiger partial charge on any atom is 0.250 e. The van der Waals surface area contributed by atoms with Gasteiger partial charge in [-0.05, 0) is 62.2 Å². The van der Waals surface area contributed by atoms with Crippen LogP contribution in [-0.4, -0.2) is 55.1 Å². The minimum atomic E-state index is -0.580. The van der Waals surface area contributed by atoms with E-state index in [4.69, 9.17) is 23.2 Å². The van der Waals surface area contributed by atoms with Crippen LogP contribution in [-0.2, 0) is 16.0 Å². The van der Waals surface area contributed by atoms with Crippen LogP contribution in [0.4, 0.5) is 5.69 Å². The molecule has 164 valence electrons. The monoisotopic (exact) mass is 460 g/mol. The Hall–Kier alpha value is -2.28. The van der Waals surface area contributed by atoms with Crippen LogP contribution in [0.5, 0.6) is 0 Å². The number of carbonyl (C=O) groups excluding carboxylic acids is 2. The van der Waals surface area contributed by atoms with Gasteiger partial charge in [0.1, 0.15) is 12.1 Å². The molecule has 0 bridgehead atoms. The second kappa shape index (κ2) is 9.47. The van der Waals surface area contributed by atoms with Crippen molar-refractivity contribution in [2.75, 3.05) is 37.7 Å². The molecule has 2 aliphatic heterocycles. The van der Waals surface area contributed by atoms with Crippen molar-refractivity contribution in [1.82, 2.24) is 15.5 Å². The van der Waals surface area contributed by atoms with Crippen molar-refractivity contribution in [2.45, 2.75) is 24.8 Å². The van der Waals surface area contributed by atoms with Gasteiger partial charge in [-0.1, -0.05) is 47.5 Å². The molecule has 0 aromatic heterocycles. The molecule has 0 saturated carbocycles. The fraction of sp³-hybridized carbons (Fsp3) is 0.391. The molecule has 8 heteroatoms. The first-order valence-electron chi connectivity index (χ1n) is 10.5. The lowest BCUT2D eigenvalue weighted by Gasteiger charge is -2.40. The van der Waals surface area contributed by atoms with Gasteiger partial charge in [-0.2, -0.15) is 0 Å². The Morgan fingerprint density at radius 1 is 1.10 bits per heavy atom. The quantitative estimate of drug-likeness (QED) is 0.694. The Kier molecular flexibility index (Phi) is 6.70. The van der Waals surface area contributed by atoms with Gasteiger partial charge in [-0.25, -0.2) is 0 Å². The normalized spacial score (nSPS) is 17.9. The molecule has 2 N–H and O–H groups in total. The first-order chi connectivity index (χ1) is 15.0. The van der Waals surface area contributed by atoms with E-state index < -0.39 is 5.54 Å². The molecule has 2 aromatic carbocycles. The molecule has 2 heterocycles. The third-order valence-electron chi connectivity index (χ3n) is 6.08. The second-order valence-corrected chi connectivity index (χ2v) is 8.87. The average molecular weight is 461 g/mol. The average Bonchev–Trinajstić information content (AvgIpc) is 3.02. The van der Waals surface area contributed by atoms with Crippen LogP contribution in [0.1, 0.15) is 18.4 Å². The summed E-state index contributed by atoms with van der Waals surface area (Å²) in [6.07, 6.45) is 2.06. The molecule has 2 fully saturated rings. The van der Waals surface area contributed by atoms with Crippen molar-refractivity contribution in [3.05, 3.63) is 64.1 Å². The Labute approximate surface area is 192 Å². The molecule has 2 aromatic rings. The maximum absolute atomic E-state index is 13.4. The molecule has 2 saturated heterocycles. The lowest BCUT2D eigenvalue weighted by atomic mass is 9.86. The first-order valence-corrected chi connectivity index (χ1v) is 11.3. The standard InChI is InChI=1S/C23H26Cl2N4O2/c24-18-7-6-17(20(25)14-18)8-11-27-21(30)15-28-16-29(19-4-2-1-3-5-19)23(22(28)31)9-12-26-13-10-23/h1-7,14,26H,8-13,15-16H2,(H,27,30). The van der Waals surface area contributed by atoms with Crippen molar-refractivity contribution >= 4 is 40.7 Å². The van der Waals surface area contributed by atoms with Crippen LogP contribution in [0.3, 0.4) is 0 Å². The van der Waals surface area contributed by atoms with E-state index in [1.165, 1.54) is 0 Å². The van der Waals surface area contributed by atoms with Gasteiger partial charge in [0.25, 0.3) is 0 Å². The number of benzene rings is 2. The lowest BCUT2D eigenvalue weighted by molar-refractivity contribution is -0.136. The van der Waals surface area contributed by atoms with E-state index in [-0.39, 0.29) is 18.4 Å². The number of halogens is 2. The van der Waals surface area contributed by atoms with Crippen LogP contribution in [0.15, 0.2) is 48.5 Å². The molecular formula is C23H26Cl2N4O2. The summed E-state index contributed by atoms with van der Waals surface area (Å²) in [5.41, 5.74) is 1.36. The second-order valence-electron chi connectivity index (χ2n) is 8.03. The third kappa shape index (κ3) is 4.66. The number of carbonyl (C=O) groups is 2. The van der Waals surface area contributed by atoms with E-state index in [9.17, 15) is 9.59 Å². The third-order valence-corrected chi connectivity index (χ3v) is 6.67. The Morgan fingerprint density at radius 3 is 2.55 bits per heavy atom. The molecule has 0 atom stereocenters. The van der Waals surface area contributed by atoms with Gasteiger partial charge in [0.05, 0.1) is 6.67 Å². The van der Waals surface area contributed by atoms with Crippen LogP contribution in [0.25, 0.3) is 0 Å². The van der Waals surface area contributed by atoms with Crippen molar-refractivity contribution in [1.29, 1.82) is 0 Å². The van der Waals surface area contributed by atoms with Crippen LogP contribution in [0, 0.1) is 0 Å². The highest BCUT2D eigenvalue weighted by molar-refractivity contribution is 6.35. The summed E-state index contributed by atoms with van der Waals surface area (Å²) >= 11 is 12.1. The molecule has 0 unspecified atom stereocenters. The highest BCUT2D eigenvalue weighted by Crippen LogP contribution is 2.37. The summed E-state index contributed by atoms with van der Waals surface area (Å²) in [4.78, 5) is 29.9. The minimum Gasteiger partial charge on any atom is -0.354 e. The summed E-state index contributed by atoms with van der Waals surface area (Å²) in [7, 11) is 0. The van der Waals surface area contributed by atoms with Crippen molar-refractivity contribution < 1.29 is 9.59 Å². The number of anilines is 1. The van der Waals surface area contributed by atoms with Crippen LogP contribution < -0.4 is 15.5 Å². The van der Waals surface area contributed by atoms with Gasteiger partial charge in [0, 0.05) is 22.3 Å². The molecule has 2 amide bonds. The lowest BCUT2D eigenvalue weighted by Crippen LogP contribution is -2.55. The molecule has 2 aliphatic rings. The predicted molar refractivity (Wildman–Crippen MR) is 124 cm³/mol. The summed E-state index contributed by atoms with van der Waals surface area (Å²) < 4.78 is 0. The van der Waals surface area contributed by atoms with E-state index in [0.717, 1.165) is 37.2 Å². The number of piperidine rings is 1. The number of hydrogen-bond donors (Lipinski definition) is 2. The van der Waals surface area contributed by atoms with Crippen LogP contribution in [0.2, 0.25) is 10.0 Å². The zero-order chi connectivity index (χ0) is 21.8. The number of nitrogens with zero attached hydrogens (tertiary/aromatic N) is 2. The molecule has 4 rings (SSSR count). The first kappa shape index (κ1) is 21.9. The highest BCUT2D eigenvalue weighted by atomic mass is 35.5. The van der Waals surface area contributed by atoms with Crippen molar-refractivity contribution in [3.8, 4) is 0 Å². The summed E-state index contributed by atoms with van der Waals surface area (Å²) in [5.74, 6) is -0.133. The summed E-state index contributed by atoms with van der Waals surface area (Å²) in [6, 6.07) is 15.3. The zero-order valence-corrected chi connectivity index (χ0v) is 18.8. The van der Waals surface area contributed by atoms with Gasteiger partial charge in [0.15, 0.2) is 0 Å². The SMILES string of the molecule is O=C(CN1CN(c2ccccc2)C2(CCNCC2)C1=O)NCCc1ccc(Cl)cc1Cl. The molecular weight excluding hydrogens is 435 g/mol. The number of rotatable bonds is 6. The van der Waals surface area contributed by atoms with E-state index in [1.807, 2.05) is 36.4 Å². The Bertz CT molecular complexity index is 948. The van der Waals surface area contributed by atoms with Gasteiger partial charge in [-0.3, -0.25) is 9.59 Å². The number of amides is 2. The van der Waals surface area contributed by atoms with Crippen molar-refractivity contribution in [3.63, 3.8) is 0 Å². The molecule has 6 nitrogen and oxygen atoms in total. The molecule has 0 aliphatic carbocycles. The topological polar surface area (TPSA) is 64.7 Å². The van der Waals surface area contributed by atoms with Gasteiger partial charge >= 0.3 is 0 Å². The van der Waals surface area contributed by atoms with Crippen molar-refractivity contribution in [2.24, 2.45) is 0 Å². The molecule has 1 spiro atoms. The van der Waals surface area contributed by atoms with E-state index >= 15 is 0 Å². The number of hydrogen-bond acceptors (Lipinski definition) is 4. The minimum absolute atomic E-state index is 0.0359. The van der Waals surface area contributed by atoms with Crippen LogP contribution >= 0.6 is 23.2 Å². The molecule has 0 radical (unpaired) electrons. The summed E-state index contributed by atoms with van der Waals surface area (Å²) in [6.45, 7) is 2.48. The predicted octanol–water partition coefficient (Wildman–Crippen LogP) is 3.08. The molecule has 31 heavy (non-hydrogen) atoms. The van der Waals surface area contributed by atoms with Gasteiger partial charge in [-0.15, -0.1) is 0 Å². The fourth-order valence-electron chi connectivity index (χ4n) is 4.45. The van der Waals surface area contributed by atoms with Gasteiger partial charge in [0.2, 0.25) is 11.8 Å². The van der Waals surface area contributed by atoms with E-state index in [2.05, 4.69) is 15.5 Å². The maximum atomic E-state index is 13.4. The smallest absolute Gasteiger partial charge is 0.250 e. The Balaban J connectivity index is 1.39.